The molecular formula is C12H16FNO2. The molecule has 0 saturated carbocycles. The number of nitrogens with zero attached hydrogens (tertiary/aromatic N) is 1. The van der Waals surface area contributed by atoms with E-state index in [9.17, 15) is 9.18 Å². The number of hydrogen-bond acceptors (Lipinski definition) is 1. The van der Waals surface area contributed by atoms with Crippen LogP contribution in [0.4, 0.5) is 4.39 Å². The summed E-state index contributed by atoms with van der Waals surface area (Å²) in [6.45, 7) is 6.44. The molecule has 1 aromatic carbocycles. The van der Waals surface area contributed by atoms with Crippen LogP contribution in [-0.2, 0) is 5.48 Å². The van der Waals surface area contributed by atoms with Crippen LogP contribution < -0.4 is 0 Å². The molecule has 0 unspecified atom stereocenters. The molecule has 3 nitrogen and oxygen atoms in total. The summed E-state index contributed by atoms with van der Waals surface area (Å²) in [5.74, 6) is -0.493. The minimum atomic E-state index is -0.374. The summed E-state index contributed by atoms with van der Waals surface area (Å²) in [6.07, 6.45) is 0. The Kier molecular flexibility index (Phi) is 5.67. The minimum Gasteiger partial charge on any atom is -0.337 e. The smallest absolute Gasteiger partial charge is 0.254 e. The third-order valence-corrected chi connectivity index (χ3v) is 2.30. The third kappa shape index (κ3) is 3.31. The van der Waals surface area contributed by atoms with Crippen LogP contribution >= 0.6 is 0 Å². The highest BCUT2D eigenvalue weighted by Crippen LogP contribution is 2.09. The lowest BCUT2D eigenvalue weighted by molar-refractivity contribution is 0.0716. The molecular weight excluding hydrogens is 209 g/mol. The van der Waals surface area contributed by atoms with Gasteiger partial charge in [-0.2, -0.15) is 0 Å². The Morgan fingerprint density at radius 1 is 1.44 bits per heavy atom. The van der Waals surface area contributed by atoms with E-state index in [2.05, 4.69) is 0 Å². The fourth-order valence-corrected chi connectivity index (χ4v) is 1.53. The van der Waals surface area contributed by atoms with E-state index in [1.165, 1.54) is 12.1 Å². The van der Waals surface area contributed by atoms with Gasteiger partial charge in [0.15, 0.2) is 0 Å². The van der Waals surface area contributed by atoms with Crippen molar-refractivity contribution < 1.29 is 14.7 Å². The molecule has 0 spiro atoms. The Morgan fingerprint density at radius 3 is 2.50 bits per heavy atom. The van der Waals surface area contributed by atoms with Gasteiger partial charge in [-0.3, -0.25) is 4.79 Å². The Labute approximate surface area is 95.2 Å². The minimum absolute atomic E-state index is 0. The summed E-state index contributed by atoms with van der Waals surface area (Å²) >= 11 is 0. The zero-order valence-electron chi connectivity index (χ0n) is 9.74. The SMILES string of the molecule is CCN(C(=O)c1cccc(F)c1)C(C)C.[O]. The van der Waals surface area contributed by atoms with Crippen molar-refractivity contribution in [2.24, 2.45) is 0 Å². The van der Waals surface area contributed by atoms with Gasteiger partial charge < -0.3 is 4.90 Å². The molecule has 0 atom stereocenters. The highest BCUT2D eigenvalue weighted by Gasteiger charge is 2.16. The molecule has 0 aliphatic carbocycles. The van der Waals surface area contributed by atoms with Gasteiger partial charge >= 0.3 is 0 Å². The number of amides is 1. The maximum atomic E-state index is 12.9. The Hall–Kier alpha value is -1.42. The van der Waals surface area contributed by atoms with Crippen molar-refractivity contribution in [1.29, 1.82) is 0 Å². The van der Waals surface area contributed by atoms with E-state index in [1.807, 2.05) is 20.8 Å². The maximum Gasteiger partial charge on any atom is 0.254 e. The summed E-state index contributed by atoms with van der Waals surface area (Å²) in [6, 6.07) is 5.92. The molecule has 0 aliphatic heterocycles. The monoisotopic (exact) mass is 225 g/mol. The summed E-state index contributed by atoms with van der Waals surface area (Å²) in [4.78, 5) is 13.6. The molecule has 0 N–H and O–H groups in total. The largest absolute Gasteiger partial charge is 0.337 e. The Morgan fingerprint density at radius 2 is 2.06 bits per heavy atom. The van der Waals surface area contributed by atoms with Gasteiger partial charge in [-0.15, -0.1) is 0 Å². The van der Waals surface area contributed by atoms with Crippen LogP contribution in [0.15, 0.2) is 24.3 Å². The highest BCUT2D eigenvalue weighted by atomic mass is 19.1. The first kappa shape index (κ1) is 14.6. The first-order valence-corrected chi connectivity index (χ1v) is 5.12. The van der Waals surface area contributed by atoms with Gasteiger partial charge in [0.25, 0.3) is 5.91 Å². The van der Waals surface area contributed by atoms with E-state index < -0.39 is 0 Å². The molecule has 0 fully saturated rings. The quantitative estimate of drug-likeness (QED) is 0.779. The first-order valence-electron chi connectivity index (χ1n) is 5.12. The highest BCUT2D eigenvalue weighted by molar-refractivity contribution is 5.94. The van der Waals surface area contributed by atoms with Crippen molar-refractivity contribution in [1.82, 2.24) is 4.90 Å². The molecule has 1 rings (SSSR count). The third-order valence-electron chi connectivity index (χ3n) is 2.30. The van der Waals surface area contributed by atoms with Gasteiger partial charge in [-0.25, -0.2) is 4.39 Å². The summed E-state index contributed by atoms with van der Waals surface area (Å²) in [7, 11) is 0. The van der Waals surface area contributed by atoms with Crippen LogP contribution in [0.1, 0.15) is 31.1 Å². The lowest BCUT2D eigenvalue weighted by Gasteiger charge is -2.25. The molecule has 88 valence electrons. The van der Waals surface area contributed by atoms with Crippen LogP contribution in [0.2, 0.25) is 0 Å². The Balaban J connectivity index is 0.00000225. The molecule has 1 amide bonds. The number of rotatable bonds is 3. The lowest BCUT2D eigenvalue weighted by Crippen LogP contribution is -2.36. The number of hydrogen-bond donors (Lipinski definition) is 0. The second-order valence-electron chi connectivity index (χ2n) is 3.70. The predicted octanol–water partition coefficient (Wildman–Crippen LogP) is 2.58. The van der Waals surface area contributed by atoms with Crippen molar-refractivity contribution in [2.75, 3.05) is 6.54 Å². The standard InChI is InChI=1S/C12H16FNO.O/c1-4-14(9(2)3)12(15)10-6-5-7-11(13)8-10;/h5-9H,4H2,1-3H3;. The lowest BCUT2D eigenvalue weighted by atomic mass is 10.1. The molecule has 0 aromatic heterocycles. The van der Waals surface area contributed by atoms with Crippen molar-refractivity contribution >= 4 is 5.91 Å². The maximum absolute atomic E-state index is 12.9. The fourth-order valence-electron chi connectivity index (χ4n) is 1.53. The molecule has 0 aliphatic rings. The molecule has 0 bridgehead atoms. The second kappa shape index (κ2) is 6.23. The normalized spacial score (nSPS) is 9.81. The van der Waals surface area contributed by atoms with Gasteiger partial charge in [0, 0.05) is 23.6 Å². The molecule has 4 heteroatoms. The molecule has 0 saturated heterocycles. The van der Waals surface area contributed by atoms with Crippen LogP contribution in [0.25, 0.3) is 0 Å². The molecule has 0 heterocycles. The first-order chi connectivity index (χ1) is 7.06. The van der Waals surface area contributed by atoms with Gasteiger partial charge in [-0.05, 0) is 39.0 Å². The number of benzene rings is 1. The summed E-state index contributed by atoms with van der Waals surface area (Å²) in [5.41, 5.74) is 0.408. The Bertz CT molecular complexity index is 353. The van der Waals surface area contributed by atoms with Crippen LogP contribution in [0, 0.1) is 5.82 Å². The van der Waals surface area contributed by atoms with Crippen LogP contribution in [0.3, 0.4) is 0 Å². The zero-order chi connectivity index (χ0) is 11.4. The number of carbonyl (C=O) groups is 1. The van der Waals surface area contributed by atoms with E-state index in [0.29, 0.717) is 12.1 Å². The zero-order valence-corrected chi connectivity index (χ0v) is 9.74. The van der Waals surface area contributed by atoms with Gasteiger partial charge in [-0.1, -0.05) is 6.07 Å². The average Bonchev–Trinajstić information content (AvgIpc) is 2.18. The summed E-state index contributed by atoms with van der Waals surface area (Å²) in [5, 5.41) is 0. The molecule has 2 radical (unpaired) electrons. The van der Waals surface area contributed by atoms with Crippen molar-refractivity contribution in [3.63, 3.8) is 0 Å². The number of halogens is 1. The van der Waals surface area contributed by atoms with Gasteiger partial charge in [0.05, 0.1) is 0 Å². The molecule has 16 heavy (non-hydrogen) atoms. The van der Waals surface area contributed by atoms with Crippen molar-refractivity contribution in [2.45, 2.75) is 26.8 Å². The van der Waals surface area contributed by atoms with E-state index in [-0.39, 0.29) is 23.2 Å². The topological polar surface area (TPSA) is 48.8 Å². The summed E-state index contributed by atoms with van der Waals surface area (Å²) < 4.78 is 12.9. The van der Waals surface area contributed by atoms with E-state index in [1.54, 1.807) is 17.0 Å². The van der Waals surface area contributed by atoms with Crippen molar-refractivity contribution in [3.8, 4) is 0 Å². The van der Waals surface area contributed by atoms with Gasteiger partial charge in [0.2, 0.25) is 0 Å². The fraction of sp³-hybridized carbons (Fsp3) is 0.417. The van der Waals surface area contributed by atoms with E-state index >= 15 is 0 Å². The van der Waals surface area contributed by atoms with Crippen LogP contribution in [0.5, 0.6) is 0 Å². The predicted molar refractivity (Wildman–Crippen MR) is 58.9 cm³/mol. The molecule has 1 aromatic rings. The second-order valence-corrected chi connectivity index (χ2v) is 3.70. The van der Waals surface area contributed by atoms with E-state index in [4.69, 9.17) is 0 Å². The van der Waals surface area contributed by atoms with E-state index in [0.717, 1.165) is 0 Å². The van der Waals surface area contributed by atoms with Crippen molar-refractivity contribution in [3.05, 3.63) is 35.6 Å². The number of carbonyl (C=O) groups excluding carboxylic acids is 1. The van der Waals surface area contributed by atoms with Crippen LogP contribution in [-0.4, -0.2) is 23.4 Å². The average molecular weight is 225 g/mol. The van der Waals surface area contributed by atoms with Gasteiger partial charge in [0.1, 0.15) is 5.82 Å².